The van der Waals surface area contributed by atoms with Crippen molar-refractivity contribution in [2.24, 2.45) is 5.73 Å². The minimum Gasteiger partial charge on any atom is -0.480 e. The summed E-state index contributed by atoms with van der Waals surface area (Å²) in [6, 6.07) is -1.44. The fraction of sp³-hybridized carbons (Fsp3) is 0.821. The van der Waals surface area contributed by atoms with Gasteiger partial charge in [-0.15, -0.1) is 0 Å². The van der Waals surface area contributed by atoms with Gasteiger partial charge in [-0.1, -0.05) is 96.8 Å². The summed E-state index contributed by atoms with van der Waals surface area (Å²) in [5.41, 5.74) is 3.93. The van der Waals surface area contributed by atoms with E-state index in [0.717, 1.165) is 42.5 Å². The lowest BCUT2D eigenvalue weighted by molar-refractivity contribution is -0.228. The van der Waals surface area contributed by atoms with Crippen LogP contribution in [0.15, 0.2) is 21.9 Å². The fourth-order valence-electron chi connectivity index (χ4n) is 7.42. The van der Waals surface area contributed by atoms with Crippen LogP contribution >= 0.6 is 0 Å². The van der Waals surface area contributed by atoms with Gasteiger partial charge in [0.05, 0.1) is 0 Å². The number of carbonyl (C=O) groups is 3. The number of carboxylic acids is 1. The maximum absolute atomic E-state index is 13.1. The Labute approximate surface area is 339 Å². The number of nitrogens with zero attached hydrogens (tertiary/aromatic N) is 1. The lowest BCUT2D eigenvalue weighted by atomic mass is 9.98. The van der Waals surface area contributed by atoms with Crippen LogP contribution in [0.1, 0.15) is 123 Å². The van der Waals surface area contributed by atoms with E-state index in [9.17, 15) is 49.5 Å². The van der Waals surface area contributed by atoms with Gasteiger partial charge in [-0.05, 0) is 19.4 Å². The predicted octanol–water partition coefficient (Wildman–Crippen LogP) is -0.128. The molecule has 0 spiro atoms. The Kier molecular flexibility index (Phi) is 22.0. The third-order valence-electron chi connectivity index (χ3n) is 10.7. The van der Waals surface area contributed by atoms with Crippen molar-refractivity contribution >= 4 is 17.8 Å². The molecule has 0 saturated carbocycles. The molecule has 2 fully saturated rings. The average Bonchev–Trinajstić information content (AvgIpc) is 3.63. The van der Waals surface area contributed by atoms with Crippen LogP contribution in [0.2, 0.25) is 0 Å². The first-order valence-electron chi connectivity index (χ1n) is 21.0. The Morgan fingerprint density at radius 2 is 1.45 bits per heavy atom. The maximum atomic E-state index is 13.1. The standard InChI is InChI=1S/C39H68N6O13/c1-3-4-5-6-7-8-9-10-11-12-13-14-15-16-18-25(43-24(2)46)35(52)42-21-17-20-41-28(37(53)54)33(58-38-32(51)29(48)26(23-40)56-38)34-30(49)31(50)36(57-34)45-22-19-27(47)44-39(45)55/h19,22,25-26,28-34,36,38,41,48-51H,3-18,20-21,23,40H2,1-2H3,(H,42,52)(H,43,46)(H,53,54)(H,44,47,55)/t25-,26+,28-,29+,30-,31+,32+,33-,34-,36+,38-/m0/s1. The van der Waals surface area contributed by atoms with Crippen molar-refractivity contribution in [3.63, 3.8) is 0 Å². The van der Waals surface area contributed by atoms with Crippen LogP contribution in [-0.2, 0) is 28.6 Å². The lowest BCUT2D eigenvalue weighted by Gasteiger charge is -2.33. The van der Waals surface area contributed by atoms with E-state index < -0.39 is 84.5 Å². The number of nitrogens with two attached hydrogens (primary N) is 1. The van der Waals surface area contributed by atoms with Gasteiger partial charge in [0.2, 0.25) is 11.8 Å². The largest absolute Gasteiger partial charge is 0.480 e. The molecule has 19 nitrogen and oxygen atoms in total. The van der Waals surface area contributed by atoms with E-state index in [1.54, 1.807) is 0 Å². The first kappa shape index (κ1) is 49.1. The number of rotatable bonds is 29. The van der Waals surface area contributed by atoms with Crippen molar-refractivity contribution < 1.29 is 54.1 Å². The minimum atomic E-state index is -1.85. The molecule has 2 saturated heterocycles. The molecule has 19 heteroatoms. The summed E-state index contributed by atoms with van der Waals surface area (Å²) < 4.78 is 18.0. The van der Waals surface area contributed by atoms with E-state index in [2.05, 4.69) is 22.9 Å². The van der Waals surface area contributed by atoms with Crippen LogP contribution in [0.25, 0.3) is 0 Å². The number of aromatic nitrogens is 2. The summed E-state index contributed by atoms with van der Waals surface area (Å²) >= 11 is 0. The van der Waals surface area contributed by atoms with Gasteiger partial charge in [0, 0.05) is 32.3 Å². The Hall–Kier alpha value is -3.27. The Balaban J connectivity index is 1.52. The van der Waals surface area contributed by atoms with Crippen molar-refractivity contribution in [3.05, 3.63) is 33.1 Å². The number of unbranched alkanes of at least 4 members (excludes halogenated alkanes) is 13. The summed E-state index contributed by atoms with van der Waals surface area (Å²) in [4.78, 5) is 63.7. The molecule has 2 aliphatic heterocycles. The zero-order chi connectivity index (χ0) is 42.6. The van der Waals surface area contributed by atoms with E-state index in [1.807, 2.05) is 4.98 Å². The highest BCUT2D eigenvalue weighted by molar-refractivity contribution is 5.86. The van der Waals surface area contributed by atoms with Crippen LogP contribution in [0, 0.1) is 0 Å². The number of aliphatic carboxylic acids is 1. The van der Waals surface area contributed by atoms with E-state index in [4.69, 9.17) is 19.9 Å². The van der Waals surface area contributed by atoms with E-state index in [-0.39, 0.29) is 37.9 Å². The zero-order valence-electron chi connectivity index (χ0n) is 34.0. The molecule has 11 N–H and O–H groups in total. The first-order chi connectivity index (χ1) is 27.8. The third kappa shape index (κ3) is 15.4. The van der Waals surface area contributed by atoms with E-state index in [0.29, 0.717) is 6.42 Å². The second-order valence-electron chi connectivity index (χ2n) is 15.4. The molecule has 0 aromatic carbocycles. The minimum absolute atomic E-state index is 0.0306. The Bertz CT molecular complexity index is 1500. The van der Waals surface area contributed by atoms with Gasteiger partial charge in [-0.25, -0.2) is 4.79 Å². The second-order valence-corrected chi connectivity index (χ2v) is 15.4. The van der Waals surface area contributed by atoms with Crippen molar-refractivity contribution in [1.82, 2.24) is 25.5 Å². The number of aliphatic hydroxyl groups is 4. The second kappa shape index (κ2) is 26.0. The summed E-state index contributed by atoms with van der Waals surface area (Å²) in [5, 5.41) is 61.5. The van der Waals surface area contributed by atoms with E-state index in [1.165, 1.54) is 71.1 Å². The molecule has 11 atom stereocenters. The van der Waals surface area contributed by atoms with Gasteiger partial charge < -0.3 is 61.4 Å². The highest BCUT2D eigenvalue weighted by Crippen LogP contribution is 2.34. The summed E-state index contributed by atoms with van der Waals surface area (Å²) in [7, 11) is 0. The number of aliphatic hydroxyl groups excluding tert-OH is 4. The normalized spacial score (nSPS) is 26.0. The van der Waals surface area contributed by atoms with E-state index >= 15 is 0 Å². The van der Waals surface area contributed by atoms with Gasteiger partial charge in [-0.2, -0.15) is 0 Å². The van der Waals surface area contributed by atoms with Gasteiger partial charge in [0.1, 0.15) is 54.8 Å². The summed E-state index contributed by atoms with van der Waals surface area (Å²) in [6.45, 7) is 3.43. The molecular weight excluding hydrogens is 760 g/mol. The SMILES string of the molecule is CCCCCCCCCCCCCCCC[C@H](NC(C)=O)C(=O)NCCCN[C@H](C(=O)O)[C@H](O[C@@H]1O[C@H](CN)[C@@H](O)[C@H]1O)[C@H]1O[C@@H](n2ccc(=O)[nH]c2=O)[C@H](O)[C@@H]1O. The highest BCUT2D eigenvalue weighted by atomic mass is 16.7. The smallest absolute Gasteiger partial charge is 0.330 e. The number of H-pyrrole nitrogens is 1. The molecule has 58 heavy (non-hydrogen) atoms. The maximum Gasteiger partial charge on any atom is 0.330 e. The van der Waals surface area contributed by atoms with Crippen LogP contribution in [0.4, 0.5) is 0 Å². The molecule has 0 aliphatic carbocycles. The molecule has 332 valence electrons. The van der Waals surface area contributed by atoms with Gasteiger partial charge in [0.25, 0.3) is 5.56 Å². The van der Waals surface area contributed by atoms with Crippen LogP contribution in [0.5, 0.6) is 0 Å². The number of carbonyl (C=O) groups excluding carboxylic acids is 2. The molecule has 0 radical (unpaired) electrons. The number of amides is 2. The van der Waals surface area contributed by atoms with Crippen LogP contribution in [0.3, 0.4) is 0 Å². The molecule has 2 aliphatic rings. The van der Waals surface area contributed by atoms with Crippen LogP contribution in [-0.4, -0.2) is 134 Å². The Morgan fingerprint density at radius 3 is 1.98 bits per heavy atom. The number of carboxylic acid groups (broad SMARTS) is 1. The predicted molar refractivity (Wildman–Crippen MR) is 211 cm³/mol. The number of hydrogen-bond acceptors (Lipinski definition) is 14. The molecule has 1 aromatic heterocycles. The quantitative estimate of drug-likeness (QED) is 0.0471. The summed E-state index contributed by atoms with van der Waals surface area (Å²) in [5.74, 6) is -2.20. The molecule has 3 heterocycles. The van der Waals surface area contributed by atoms with Crippen LogP contribution < -0.4 is 32.9 Å². The van der Waals surface area contributed by atoms with Gasteiger partial charge >= 0.3 is 11.7 Å². The Morgan fingerprint density at radius 1 is 0.845 bits per heavy atom. The monoisotopic (exact) mass is 828 g/mol. The molecule has 0 unspecified atom stereocenters. The molecule has 1 aromatic rings. The third-order valence-corrected chi connectivity index (χ3v) is 10.7. The molecule has 3 rings (SSSR count). The highest BCUT2D eigenvalue weighted by Gasteiger charge is 2.54. The zero-order valence-corrected chi connectivity index (χ0v) is 34.0. The molecule has 2 amide bonds. The molecular formula is C39H68N6O13. The number of ether oxygens (including phenoxy) is 3. The number of aromatic amines is 1. The topological polar surface area (TPSA) is 297 Å². The number of nitrogens with one attached hydrogen (secondary N) is 4. The van der Waals surface area contributed by atoms with Gasteiger partial charge in [0.15, 0.2) is 12.5 Å². The van der Waals surface area contributed by atoms with Crippen molar-refractivity contribution in [1.29, 1.82) is 0 Å². The van der Waals surface area contributed by atoms with Crippen molar-refractivity contribution in [2.45, 2.75) is 184 Å². The molecule has 0 bridgehead atoms. The average molecular weight is 829 g/mol. The summed E-state index contributed by atoms with van der Waals surface area (Å²) in [6.07, 6.45) is 4.03. The lowest BCUT2D eigenvalue weighted by Crippen LogP contribution is -2.57. The first-order valence-corrected chi connectivity index (χ1v) is 21.0. The number of hydrogen-bond donors (Lipinski definition) is 10. The fourth-order valence-corrected chi connectivity index (χ4v) is 7.42. The van der Waals surface area contributed by atoms with Crippen molar-refractivity contribution in [3.8, 4) is 0 Å². The van der Waals surface area contributed by atoms with Crippen molar-refractivity contribution in [2.75, 3.05) is 19.6 Å². The van der Waals surface area contributed by atoms with Gasteiger partial charge in [-0.3, -0.25) is 28.7 Å².